The molecule has 0 bridgehead atoms. The number of carbonyl (C=O) groups is 1. The summed E-state index contributed by atoms with van der Waals surface area (Å²) in [6, 6.07) is 15.9. The van der Waals surface area contributed by atoms with Gasteiger partial charge in [0.1, 0.15) is 29.0 Å². The first-order valence-electron chi connectivity index (χ1n) is 7.99. The summed E-state index contributed by atoms with van der Waals surface area (Å²) in [5.74, 6) is -0.324. The van der Waals surface area contributed by atoms with Crippen molar-refractivity contribution in [1.82, 2.24) is 0 Å². The van der Waals surface area contributed by atoms with E-state index in [1.165, 1.54) is 42.5 Å². The van der Waals surface area contributed by atoms with Gasteiger partial charge >= 0.3 is 0 Å². The van der Waals surface area contributed by atoms with Crippen LogP contribution < -0.4 is 5.32 Å². The Hall–Kier alpha value is -4.25. The molecule has 0 atom stereocenters. The number of nitro groups is 1. The van der Waals surface area contributed by atoms with Gasteiger partial charge < -0.3 is 9.73 Å². The molecule has 3 rings (SSSR count). The van der Waals surface area contributed by atoms with Crippen molar-refractivity contribution in [2.75, 3.05) is 5.32 Å². The maximum absolute atomic E-state index is 13.0. The lowest BCUT2D eigenvalue weighted by molar-refractivity contribution is -0.384. The number of hydrogen-bond donors (Lipinski definition) is 1. The third-order valence-corrected chi connectivity index (χ3v) is 3.74. The SMILES string of the molecule is N#CC(=Cc1ccc(-c2ccc(F)cc2)o1)C(=O)Nc1ccc([N+](=O)[O-])cc1. The Bertz CT molecular complexity index is 1090. The molecule has 7 nitrogen and oxygen atoms in total. The highest BCUT2D eigenvalue weighted by Crippen LogP contribution is 2.24. The predicted octanol–water partition coefficient (Wildman–Crippen LogP) is 4.54. The predicted molar refractivity (Wildman–Crippen MR) is 99.4 cm³/mol. The highest BCUT2D eigenvalue weighted by atomic mass is 19.1. The number of nitro benzene ring substituents is 1. The average molecular weight is 377 g/mol. The Morgan fingerprint density at radius 1 is 1.11 bits per heavy atom. The van der Waals surface area contributed by atoms with E-state index in [0.29, 0.717) is 17.0 Å². The van der Waals surface area contributed by atoms with E-state index in [9.17, 15) is 24.6 Å². The number of hydrogen-bond acceptors (Lipinski definition) is 5. The van der Waals surface area contributed by atoms with Gasteiger partial charge in [-0.3, -0.25) is 14.9 Å². The lowest BCUT2D eigenvalue weighted by atomic mass is 10.2. The number of furan rings is 1. The molecule has 1 N–H and O–H groups in total. The van der Waals surface area contributed by atoms with E-state index in [-0.39, 0.29) is 22.8 Å². The smallest absolute Gasteiger partial charge is 0.269 e. The minimum Gasteiger partial charge on any atom is -0.457 e. The van der Waals surface area contributed by atoms with E-state index in [1.807, 2.05) is 0 Å². The number of rotatable bonds is 5. The average Bonchev–Trinajstić information content (AvgIpc) is 3.15. The Morgan fingerprint density at radius 3 is 2.39 bits per heavy atom. The van der Waals surface area contributed by atoms with Gasteiger partial charge in [-0.2, -0.15) is 5.26 Å². The fourth-order valence-electron chi connectivity index (χ4n) is 2.36. The molecule has 0 saturated heterocycles. The van der Waals surface area contributed by atoms with Crippen molar-refractivity contribution >= 4 is 23.4 Å². The molecule has 0 aliphatic rings. The van der Waals surface area contributed by atoms with Crippen molar-refractivity contribution < 1.29 is 18.5 Å². The first kappa shape index (κ1) is 18.5. The number of nitrogens with zero attached hydrogens (tertiary/aromatic N) is 2. The molecule has 138 valence electrons. The second kappa shape index (κ2) is 7.97. The van der Waals surface area contributed by atoms with E-state index < -0.39 is 10.8 Å². The molecule has 0 spiro atoms. The van der Waals surface area contributed by atoms with Crippen LogP contribution in [-0.4, -0.2) is 10.8 Å². The highest BCUT2D eigenvalue weighted by Gasteiger charge is 2.12. The van der Waals surface area contributed by atoms with E-state index >= 15 is 0 Å². The van der Waals surface area contributed by atoms with Crippen molar-refractivity contribution in [1.29, 1.82) is 5.26 Å². The molecule has 0 radical (unpaired) electrons. The fraction of sp³-hybridized carbons (Fsp3) is 0. The van der Waals surface area contributed by atoms with Crippen LogP contribution in [0.15, 0.2) is 70.7 Å². The summed E-state index contributed by atoms with van der Waals surface area (Å²) < 4.78 is 18.6. The molecule has 2 aromatic carbocycles. The van der Waals surface area contributed by atoms with Crippen LogP contribution in [0.5, 0.6) is 0 Å². The molecule has 28 heavy (non-hydrogen) atoms. The summed E-state index contributed by atoms with van der Waals surface area (Å²) in [4.78, 5) is 22.4. The topological polar surface area (TPSA) is 109 Å². The van der Waals surface area contributed by atoms with Crippen LogP contribution in [0.2, 0.25) is 0 Å². The van der Waals surface area contributed by atoms with E-state index in [1.54, 1.807) is 30.3 Å². The standard InChI is InChI=1S/C20H12FN3O4/c21-15-3-1-13(2-4-15)19-10-9-18(28-19)11-14(12-22)20(25)23-16-5-7-17(8-6-16)24(26)27/h1-11H,(H,23,25). The quantitative estimate of drug-likeness (QED) is 0.304. The first-order valence-corrected chi connectivity index (χ1v) is 7.99. The molecule has 1 amide bonds. The maximum atomic E-state index is 13.0. The Labute approximate surface area is 158 Å². The minimum absolute atomic E-state index is 0.113. The largest absolute Gasteiger partial charge is 0.457 e. The van der Waals surface area contributed by atoms with Gasteiger partial charge in [-0.15, -0.1) is 0 Å². The summed E-state index contributed by atoms with van der Waals surface area (Å²) in [5, 5.41) is 22.4. The van der Waals surface area contributed by atoms with Crippen LogP contribution in [0.1, 0.15) is 5.76 Å². The van der Waals surface area contributed by atoms with Gasteiger partial charge in [0.2, 0.25) is 0 Å². The number of halogens is 1. The number of nitriles is 1. The summed E-state index contributed by atoms with van der Waals surface area (Å²) >= 11 is 0. The monoisotopic (exact) mass is 377 g/mol. The van der Waals surface area contributed by atoms with Crippen molar-refractivity contribution in [2.24, 2.45) is 0 Å². The van der Waals surface area contributed by atoms with Crippen LogP contribution >= 0.6 is 0 Å². The molecule has 0 aliphatic heterocycles. The molecule has 0 saturated carbocycles. The second-order valence-electron chi connectivity index (χ2n) is 5.64. The van der Waals surface area contributed by atoms with Gasteiger partial charge in [0, 0.05) is 29.5 Å². The lowest BCUT2D eigenvalue weighted by Gasteiger charge is -2.03. The molecule has 3 aromatic rings. The Morgan fingerprint density at radius 2 is 1.79 bits per heavy atom. The van der Waals surface area contributed by atoms with Crippen molar-refractivity contribution in [2.45, 2.75) is 0 Å². The second-order valence-corrected chi connectivity index (χ2v) is 5.64. The minimum atomic E-state index is -0.684. The fourth-order valence-corrected chi connectivity index (χ4v) is 2.36. The van der Waals surface area contributed by atoms with E-state index in [2.05, 4.69) is 5.32 Å². The van der Waals surface area contributed by atoms with Crippen LogP contribution in [0.3, 0.4) is 0 Å². The van der Waals surface area contributed by atoms with Crippen molar-refractivity contribution in [3.63, 3.8) is 0 Å². The number of nitrogens with one attached hydrogen (secondary N) is 1. The third-order valence-electron chi connectivity index (χ3n) is 3.74. The van der Waals surface area contributed by atoms with Crippen LogP contribution in [0.25, 0.3) is 17.4 Å². The summed E-state index contributed by atoms with van der Waals surface area (Å²) in [6.45, 7) is 0. The molecular weight excluding hydrogens is 365 g/mol. The number of anilines is 1. The molecular formula is C20H12FN3O4. The van der Waals surface area contributed by atoms with Gasteiger partial charge in [0.15, 0.2) is 0 Å². The van der Waals surface area contributed by atoms with Gasteiger partial charge in [-0.1, -0.05) is 0 Å². The third kappa shape index (κ3) is 4.28. The van der Waals surface area contributed by atoms with Gasteiger partial charge in [0.05, 0.1) is 4.92 Å². The highest BCUT2D eigenvalue weighted by molar-refractivity contribution is 6.09. The van der Waals surface area contributed by atoms with Gasteiger partial charge in [-0.05, 0) is 48.5 Å². The van der Waals surface area contributed by atoms with E-state index in [4.69, 9.17) is 4.42 Å². The summed E-state index contributed by atoms with van der Waals surface area (Å²) in [6.07, 6.45) is 1.27. The van der Waals surface area contributed by atoms with Crippen LogP contribution in [0, 0.1) is 27.3 Å². The molecule has 0 aliphatic carbocycles. The number of amides is 1. The molecule has 0 unspecified atom stereocenters. The summed E-state index contributed by atoms with van der Waals surface area (Å²) in [5.41, 5.74) is 0.634. The Balaban J connectivity index is 1.76. The molecule has 8 heteroatoms. The maximum Gasteiger partial charge on any atom is 0.269 e. The zero-order chi connectivity index (χ0) is 20.1. The lowest BCUT2D eigenvalue weighted by Crippen LogP contribution is -2.13. The zero-order valence-corrected chi connectivity index (χ0v) is 14.3. The van der Waals surface area contributed by atoms with Crippen LogP contribution in [-0.2, 0) is 4.79 Å². The Kier molecular flexibility index (Phi) is 5.28. The first-order chi connectivity index (χ1) is 13.5. The van der Waals surface area contributed by atoms with E-state index in [0.717, 1.165) is 0 Å². The number of non-ortho nitro benzene ring substituents is 1. The normalized spacial score (nSPS) is 10.9. The van der Waals surface area contributed by atoms with Crippen molar-refractivity contribution in [3.8, 4) is 17.4 Å². The van der Waals surface area contributed by atoms with Gasteiger partial charge in [0.25, 0.3) is 11.6 Å². The number of carbonyl (C=O) groups excluding carboxylic acids is 1. The van der Waals surface area contributed by atoms with Crippen molar-refractivity contribution in [3.05, 3.63) is 87.9 Å². The summed E-state index contributed by atoms with van der Waals surface area (Å²) in [7, 11) is 0. The molecule has 1 aromatic heterocycles. The molecule has 0 fully saturated rings. The van der Waals surface area contributed by atoms with Gasteiger partial charge in [-0.25, -0.2) is 4.39 Å². The van der Waals surface area contributed by atoms with Crippen LogP contribution in [0.4, 0.5) is 15.8 Å². The number of benzene rings is 2. The molecule has 1 heterocycles. The zero-order valence-electron chi connectivity index (χ0n) is 14.3.